The van der Waals surface area contributed by atoms with E-state index < -0.39 is 6.04 Å². The number of anilines is 1. The van der Waals surface area contributed by atoms with Crippen molar-refractivity contribution in [3.8, 4) is 0 Å². The molecule has 0 aromatic heterocycles. The van der Waals surface area contributed by atoms with Crippen LogP contribution in [0.5, 0.6) is 0 Å². The van der Waals surface area contributed by atoms with E-state index in [1.165, 1.54) is 11.0 Å². The molecule has 114 valence electrons. The molecule has 4 nitrogen and oxygen atoms in total. The number of amides is 2. The summed E-state index contributed by atoms with van der Waals surface area (Å²) in [5.41, 5.74) is 1.19. The Labute approximate surface area is 131 Å². The minimum absolute atomic E-state index is 0.0370. The van der Waals surface area contributed by atoms with Crippen LogP contribution >= 0.6 is 15.9 Å². The van der Waals surface area contributed by atoms with Crippen molar-refractivity contribution in [2.75, 3.05) is 11.4 Å². The zero-order valence-electron chi connectivity index (χ0n) is 12.2. The summed E-state index contributed by atoms with van der Waals surface area (Å²) in [6, 6.07) is 2.38. The lowest BCUT2D eigenvalue weighted by Gasteiger charge is -2.35. The molecule has 2 unspecified atom stereocenters. The second-order valence-electron chi connectivity index (χ2n) is 5.41. The number of rotatable bonds is 3. The van der Waals surface area contributed by atoms with E-state index in [2.05, 4.69) is 21.2 Å². The molecule has 1 aromatic carbocycles. The molecule has 21 heavy (non-hydrogen) atoms. The number of carbonyl (C=O) groups is 2. The molecule has 1 aliphatic heterocycles. The molecule has 1 saturated heterocycles. The molecule has 2 rings (SSSR count). The van der Waals surface area contributed by atoms with Crippen molar-refractivity contribution in [2.45, 2.75) is 33.2 Å². The summed E-state index contributed by atoms with van der Waals surface area (Å²) in [6.45, 7) is 5.59. The van der Waals surface area contributed by atoms with Gasteiger partial charge in [0.15, 0.2) is 0 Å². The number of halogens is 2. The Morgan fingerprint density at radius 2 is 2.14 bits per heavy atom. The van der Waals surface area contributed by atoms with Crippen LogP contribution in [-0.4, -0.2) is 24.4 Å². The van der Waals surface area contributed by atoms with Gasteiger partial charge < -0.3 is 10.2 Å². The number of hydrogen-bond acceptors (Lipinski definition) is 2. The lowest BCUT2D eigenvalue weighted by Crippen LogP contribution is -2.60. The van der Waals surface area contributed by atoms with Crippen LogP contribution in [0.15, 0.2) is 16.6 Å². The van der Waals surface area contributed by atoms with E-state index >= 15 is 0 Å². The first kappa shape index (κ1) is 15.9. The Balaban J connectivity index is 2.40. The molecule has 1 aromatic rings. The third-order valence-electron chi connectivity index (χ3n) is 3.89. The van der Waals surface area contributed by atoms with Gasteiger partial charge in [-0.25, -0.2) is 4.39 Å². The second kappa shape index (κ2) is 6.13. The molecule has 1 aliphatic rings. The second-order valence-corrected chi connectivity index (χ2v) is 6.26. The van der Waals surface area contributed by atoms with E-state index in [0.29, 0.717) is 11.3 Å². The zero-order chi connectivity index (χ0) is 15.7. The van der Waals surface area contributed by atoms with E-state index in [1.54, 1.807) is 13.0 Å². The van der Waals surface area contributed by atoms with Crippen LogP contribution < -0.4 is 10.2 Å². The van der Waals surface area contributed by atoms with Crippen LogP contribution in [0.25, 0.3) is 0 Å². The third kappa shape index (κ3) is 3.10. The standard InChI is InChI=1S/C15H18BrFN2O2/c1-4-8(2)14-15(21)19(7-13(20)18-14)12-6-10(16)11(17)5-9(12)3/h5-6,8,14H,4,7H2,1-3H3,(H,18,20). The lowest BCUT2D eigenvalue weighted by atomic mass is 9.95. The van der Waals surface area contributed by atoms with Gasteiger partial charge >= 0.3 is 0 Å². The van der Waals surface area contributed by atoms with Crippen LogP contribution in [0.1, 0.15) is 25.8 Å². The van der Waals surface area contributed by atoms with Crippen LogP contribution in [0.4, 0.5) is 10.1 Å². The fourth-order valence-corrected chi connectivity index (χ4v) is 2.75. The fourth-order valence-electron chi connectivity index (χ4n) is 2.42. The Bertz CT molecular complexity index is 591. The Morgan fingerprint density at radius 3 is 2.76 bits per heavy atom. The number of nitrogens with zero attached hydrogens (tertiary/aromatic N) is 1. The summed E-state index contributed by atoms with van der Waals surface area (Å²) < 4.78 is 13.8. The quantitative estimate of drug-likeness (QED) is 0.905. The van der Waals surface area contributed by atoms with Gasteiger partial charge in [-0.3, -0.25) is 9.59 Å². The zero-order valence-corrected chi connectivity index (χ0v) is 13.8. The van der Waals surface area contributed by atoms with Crippen molar-refractivity contribution < 1.29 is 14.0 Å². The van der Waals surface area contributed by atoms with Crippen LogP contribution in [0.2, 0.25) is 0 Å². The van der Waals surface area contributed by atoms with Gasteiger partial charge in [0, 0.05) is 5.69 Å². The van der Waals surface area contributed by atoms with E-state index in [9.17, 15) is 14.0 Å². The highest BCUT2D eigenvalue weighted by atomic mass is 79.9. The van der Waals surface area contributed by atoms with Crippen molar-refractivity contribution in [1.82, 2.24) is 5.32 Å². The molecular formula is C15H18BrFN2O2. The van der Waals surface area contributed by atoms with Gasteiger partial charge in [0.05, 0.1) is 4.47 Å². The molecule has 2 amide bonds. The van der Waals surface area contributed by atoms with Gasteiger partial charge in [0.1, 0.15) is 18.4 Å². The fraction of sp³-hybridized carbons (Fsp3) is 0.467. The number of carbonyl (C=O) groups excluding carboxylic acids is 2. The first-order chi connectivity index (χ1) is 9.85. The number of benzene rings is 1. The third-order valence-corrected chi connectivity index (χ3v) is 4.50. The van der Waals surface area contributed by atoms with Gasteiger partial charge in [0.2, 0.25) is 11.8 Å². The molecule has 0 aliphatic carbocycles. The minimum Gasteiger partial charge on any atom is -0.342 e. The van der Waals surface area contributed by atoms with Gasteiger partial charge in [-0.1, -0.05) is 20.3 Å². The summed E-state index contributed by atoms with van der Waals surface area (Å²) >= 11 is 3.13. The Morgan fingerprint density at radius 1 is 1.48 bits per heavy atom. The molecule has 1 heterocycles. The molecule has 6 heteroatoms. The SMILES string of the molecule is CCC(C)C1NC(=O)CN(c2cc(Br)c(F)cc2C)C1=O. The van der Waals surface area contributed by atoms with Gasteiger partial charge in [-0.05, 0) is 46.5 Å². The summed E-state index contributed by atoms with van der Waals surface area (Å²) in [4.78, 5) is 26.0. The van der Waals surface area contributed by atoms with Gasteiger partial charge in [0.25, 0.3) is 0 Å². The van der Waals surface area contributed by atoms with Crippen LogP contribution in [-0.2, 0) is 9.59 Å². The molecule has 0 bridgehead atoms. The van der Waals surface area contributed by atoms with Crippen molar-refractivity contribution in [1.29, 1.82) is 0 Å². The van der Waals surface area contributed by atoms with Crippen LogP contribution in [0.3, 0.4) is 0 Å². The van der Waals surface area contributed by atoms with E-state index in [0.717, 1.165) is 6.42 Å². The molecule has 2 atom stereocenters. The van der Waals surface area contributed by atoms with Crippen molar-refractivity contribution >= 4 is 33.4 Å². The predicted octanol–water partition coefficient (Wildman–Crippen LogP) is 2.77. The number of nitrogens with one attached hydrogen (secondary N) is 1. The van der Waals surface area contributed by atoms with E-state index in [1.807, 2.05) is 13.8 Å². The number of hydrogen-bond donors (Lipinski definition) is 1. The normalized spacial score (nSPS) is 20.4. The van der Waals surface area contributed by atoms with Crippen molar-refractivity contribution in [2.24, 2.45) is 5.92 Å². The first-order valence-corrected chi connectivity index (χ1v) is 7.70. The summed E-state index contributed by atoms with van der Waals surface area (Å²) in [5.74, 6) is -0.678. The van der Waals surface area contributed by atoms with Gasteiger partial charge in [-0.2, -0.15) is 0 Å². The smallest absolute Gasteiger partial charge is 0.250 e. The molecule has 0 spiro atoms. The van der Waals surface area contributed by atoms with Crippen molar-refractivity contribution in [3.05, 3.63) is 28.0 Å². The monoisotopic (exact) mass is 356 g/mol. The largest absolute Gasteiger partial charge is 0.342 e. The maximum atomic E-state index is 13.5. The summed E-state index contributed by atoms with van der Waals surface area (Å²) in [5, 5.41) is 2.75. The van der Waals surface area contributed by atoms with E-state index in [-0.39, 0.29) is 34.6 Å². The topological polar surface area (TPSA) is 49.4 Å². The molecule has 0 saturated carbocycles. The van der Waals surface area contributed by atoms with Gasteiger partial charge in [-0.15, -0.1) is 0 Å². The molecule has 1 N–H and O–H groups in total. The summed E-state index contributed by atoms with van der Waals surface area (Å²) in [6.07, 6.45) is 0.788. The minimum atomic E-state index is -0.528. The maximum absolute atomic E-state index is 13.5. The molecule has 0 radical (unpaired) electrons. The summed E-state index contributed by atoms with van der Waals surface area (Å²) in [7, 11) is 0. The Kier molecular flexibility index (Phi) is 4.66. The average molecular weight is 357 g/mol. The first-order valence-electron chi connectivity index (χ1n) is 6.91. The maximum Gasteiger partial charge on any atom is 0.250 e. The predicted molar refractivity (Wildman–Crippen MR) is 82.6 cm³/mol. The molecular weight excluding hydrogens is 339 g/mol. The highest BCUT2D eigenvalue weighted by molar-refractivity contribution is 9.10. The number of piperazine rings is 1. The lowest BCUT2D eigenvalue weighted by molar-refractivity contribution is -0.132. The highest BCUT2D eigenvalue weighted by Crippen LogP contribution is 2.29. The van der Waals surface area contributed by atoms with E-state index in [4.69, 9.17) is 0 Å². The number of aryl methyl sites for hydroxylation is 1. The molecule has 1 fully saturated rings. The van der Waals surface area contributed by atoms with Crippen LogP contribution in [0, 0.1) is 18.7 Å². The van der Waals surface area contributed by atoms with Crippen molar-refractivity contribution in [3.63, 3.8) is 0 Å². The average Bonchev–Trinajstić information content (AvgIpc) is 2.44. The Hall–Kier alpha value is -1.43. The highest BCUT2D eigenvalue weighted by Gasteiger charge is 2.36.